The molecule has 6 heteroatoms. The maximum atomic E-state index is 11.8. The predicted molar refractivity (Wildman–Crippen MR) is 72.3 cm³/mol. The van der Waals surface area contributed by atoms with Gasteiger partial charge in [0.1, 0.15) is 0 Å². The van der Waals surface area contributed by atoms with Crippen LogP contribution in [0.5, 0.6) is 0 Å². The first kappa shape index (κ1) is 14.9. The molecule has 0 aromatic heterocycles. The lowest BCUT2D eigenvalue weighted by Gasteiger charge is -2.11. The maximum absolute atomic E-state index is 11.8. The molecule has 4 N–H and O–H groups in total. The van der Waals surface area contributed by atoms with Crippen molar-refractivity contribution in [1.29, 1.82) is 0 Å². The molecular formula is C12H20N2O3S. The first-order valence-corrected chi connectivity index (χ1v) is 7.51. The summed E-state index contributed by atoms with van der Waals surface area (Å²) in [5, 5.41) is 8.74. The van der Waals surface area contributed by atoms with E-state index >= 15 is 0 Å². The van der Waals surface area contributed by atoms with Gasteiger partial charge in [-0.2, -0.15) is 0 Å². The zero-order valence-electron chi connectivity index (χ0n) is 10.5. The van der Waals surface area contributed by atoms with Crippen molar-refractivity contribution in [1.82, 2.24) is 4.72 Å². The summed E-state index contributed by atoms with van der Waals surface area (Å²) in [7, 11) is -3.33. The lowest BCUT2D eigenvalue weighted by atomic mass is 10.1. The van der Waals surface area contributed by atoms with E-state index in [1.54, 1.807) is 24.3 Å². The van der Waals surface area contributed by atoms with Crippen LogP contribution in [0.2, 0.25) is 0 Å². The Morgan fingerprint density at radius 1 is 1.33 bits per heavy atom. The van der Waals surface area contributed by atoms with Crippen LogP contribution in [0, 0.1) is 5.92 Å². The summed E-state index contributed by atoms with van der Waals surface area (Å²) < 4.78 is 26.1. The van der Waals surface area contributed by atoms with Crippen molar-refractivity contribution in [3.05, 3.63) is 29.8 Å². The fourth-order valence-corrected chi connectivity index (χ4v) is 2.75. The summed E-state index contributed by atoms with van der Waals surface area (Å²) in [5.41, 5.74) is 6.85. The smallest absolute Gasteiger partial charge is 0.215 e. The molecule has 0 spiro atoms. The van der Waals surface area contributed by atoms with Gasteiger partial charge in [-0.05, 0) is 30.0 Å². The molecule has 1 unspecified atom stereocenters. The molecule has 0 saturated carbocycles. The Hall–Kier alpha value is -1.11. The minimum atomic E-state index is -3.33. The second-order valence-electron chi connectivity index (χ2n) is 4.47. The van der Waals surface area contributed by atoms with Crippen molar-refractivity contribution in [2.45, 2.75) is 19.1 Å². The fraction of sp³-hybridized carbons (Fsp3) is 0.500. The van der Waals surface area contributed by atoms with Crippen molar-refractivity contribution < 1.29 is 13.5 Å². The average molecular weight is 272 g/mol. The molecule has 0 radical (unpaired) electrons. The topological polar surface area (TPSA) is 92.4 Å². The first-order chi connectivity index (χ1) is 8.43. The van der Waals surface area contributed by atoms with Gasteiger partial charge >= 0.3 is 0 Å². The quantitative estimate of drug-likeness (QED) is 0.637. The first-order valence-electron chi connectivity index (χ1n) is 5.85. The van der Waals surface area contributed by atoms with Crippen LogP contribution in [-0.2, 0) is 15.8 Å². The van der Waals surface area contributed by atoms with E-state index < -0.39 is 10.0 Å². The highest BCUT2D eigenvalue weighted by molar-refractivity contribution is 7.88. The SMILES string of the molecule is CC(CCO)CNS(=O)(=O)Cc1ccc(N)cc1. The van der Waals surface area contributed by atoms with E-state index in [2.05, 4.69) is 4.72 Å². The molecular weight excluding hydrogens is 252 g/mol. The standard InChI is InChI=1S/C12H20N2O3S/c1-10(6-7-15)8-14-18(16,17)9-11-2-4-12(13)5-3-11/h2-5,10,14-15H,6-9,13H2,1H3. The summed E-state index contributed by atoms with van der Waals surface area (Å²) in [5.74, 6) is 0.0651. The minimum absolute atomic E-state index is 0.0564. The minimum Gasteiger partial charge on any atom is -0.399 e. The van der Waals surface area contributed by atoms with E-state index in [-0.39, 0.29) is 18.3 Å². The molecule has 0 saturated heterocycles. The van der Waals surface area contributed by atoms with Crippen LogP contribution in [0.25, 0.3) is 0 Å². The molecule has 0 aliphatic heterocycles. The monoisotopic (exact) mass is 272 g/mol. The van der Waals surface area contributed by atoms with Gasteiger partial charge < -0.3 is 10.8 Å². The van der Waals surface area contributed by atoms with E-state index in [4.69, 9.17) is 10.8 Å². The Morgan fingerprint density at radius 2 is 1.94 bits per heavy atom. The zero-order chi connectivity index (χ0) is 13.6. The molecule has 1 aromatic carbocycles. The summed E-state index contributed by atoms with van der Waals surface area (Å²) in [6, 6.07) is 6.76. The van der Waals surface area contributed by atoms with Crippen molar-refractivity contribution in [3.8, 4) is 0 Å². The number of benzene rings is 1. The predicted octanol–water partition coefficient (Wildman–Crippen LogP) is 0.707. The number of nitrogens with two attached hydrogens (primary N) is 1. The van der Waals surface area contributed by atoms with Crippen molar-refractivity contribution in [2.75, 3.05) is 18.9 Å². The molecule has 0 aliphatic rings. The Kier molecular flexibility index (Phi) is 5.58. The lowest BCUT2D eigenvalue weighted by molar-refractivity contribution is 0.263. The van der Waals surface area contributed by atoms with Crippen LogP contribution < -0.4 is 10.5 Å². The van der Waals surface area contributed by atoms with Gasteiger partial charge in [-0.15, -0.1) is 0 Å². The largest absolute Gasteiger partial charge is 0.399 e. The normalized spacial score (nSPS) is 13.4. The number of nitrogens with one attached hydrogen (secondary N) is 1. The number of rotatable bonds is 7. The third-order valence-electron chi connectivity index (χ3n) is 2.61. The van der Waals surface area contributed by atoms with Gasteiger partial charge in [-0.1, -0.05) is 19.1 Å². The Balaban J connectivity index is 2.52. The molecule has 0 bridgehead atoms. The summed E-state index contributed by atoms with van der Waals surface area (Å²) in [4.78, 5) is 0. The highest BCUT2D eigenvalue weighted by Gasteiger charge is 2.12. The number of nitrogen functional groups attached to an aromatic ring is 1. The number of anilines is 1. The molecule has 5 nitrogen and oxygen atoms in total. The molecule has 0 aliphatic carbocycles. The van der Waals surface area contributed by atoms with Gasteiger partial charge in [0, 0.05) is 18.8 Å². The number of aliphatic hydroxyl groups excluding tert-OH is 1. The second-order valence-corrected chi connectivity index (χ2v) is 6.27. The van der Waals surface area contributed by atoms with Crippen LogP contribution in [0.1, 0.15) is 18.9 Å². The van der Waals surface area contributed by atoms with Crippen LogP contribution in [0.15, 0.2) is 24.3 Å². The van der Waals surface area contributed by atoms with Gasteiger partial charge in [-0.3, -0.25) is 0 Å². The third kappa shape index (κ3) is 5.48. The molecule has 0 heterocycles. The zero-order valence-corrected chi connectivity index (χ0v) is 11.3. The van der Waals surface area contributed by atoms with Gasteiger partial charge in [0.05, 0.1) is 5.75 Å². The van der Waals surface area contributed by atoms with Crippen molar-refractivity contribution in [2.24, 2.45) is 5.92 Å². The van der Waals surface area contributed by atoms with E-state index in [1.165, 1.54) is 0 Å². The molecule has 1 rings (SSSR count). The number of hydrogen-bond donors (Lipinski definition) is 3. The fourth-order valence-electron chi connectivity index (χ4n) is 1.48. The molecule has 1 atom stereocenters. The van der Waals surface area contributed by atoms with E-state index in [0.717, 1.165) is 0 Å². The van der Waals surface area contributed by atoms with Gasteiger partial charge in [0.2, 0.25) is 10.0 Å². The number of sulfonamides is 1. The molecule has 1 aromatic rings. The maximum Gasteiger partial charge on any atom is 0.215 e. The van der Waals surface area contributed by atoms with Crippen LogP contribution >= 0.6 is 0 Å². The average Bonchev–Trinajstić information content (AvgIpc) is 2.30. The Morgan fingerprint density at radius 3 is 2.50 bits per heavy atom. The van der Waals surface area contributed by atoms with E-state index in [9.17, 15) is 8.42 Å². The molecule has 0 amide bonds. The number of hydrogen-bond acceptors (Lipinski definition) is 4. The van der Waals surface area contributed by atoms with Crippen LogP contribution in [0.3, 0.4) is 0 Å². The summed E-state index contributed by atoms with van der Waals surface area (Å²) in [6.07, 6.45) is 0.588. The van der Waals surface area contributed by atoms with Crippen LogP contribution in [-0.4, -0.2) is 26.7 Å². The second kappa shape index (κ2) is 6.72. The molecule has 102 valence electrons. The van der Waals surface area contributed by atoms with Gasteiger partial charge in [0.15, 0.2) is 0 Å². The van der Waals surface area contributed by atoms with Crippen molar-refractivity contribution >= 4 is 15.7 Å². The van der Waals surface area contributed by atoms with Crippen molar-refractivity contribution in [3.63, 3.8) is 0 Å². The molecule has 0 fully saturated rings. The lowest BCUT2D eigenvalue weighted by Crippen LogP contribution is -2.29. The van der Waals surface area contributed by atoms with Gasteiger partial charge in [-0.25, -0.2) is 13.1 Å². The van der Waals surface area contributed by atoms with Crippen LogP contribution in [0.4, 0.5) is 5.69 Å². The summed E-state index contributed by atoms with van der Waals surface area (Å²) in [6.45, 7) is 2.31. The highest BCUT2D eigenvalue weighted by Crippen LogP contribution is 2.09. The Labute approximate surface area is 108 Å². The molecule has 18 heavy (non-hydrogen) atoms. The third-order valence-corrected chi connectivity index (χ3v) is 3.93. The summed E-state index contributed by atoms with van der Waals surface area (Å²) >= 11 is 0. The van der Waals surface area contributed by atoms with E-state index in [1.807, 2.05) is 6.92 Å². The van der Waals surface area contributed by atoms with Gasteiger partial charge in [0.25, 0.3) is 0 Å². The van der Waals surface area contributed by atoms with E-state index in [0.29, 0.717) is 24.2 Å². The Bertz CT molecular complexity index is 457. The highest BCUT2D eigenvalue weighted by atomic mass is 32.2. The number of aliphatic hydroxyl groups is 1.